The third-order valence-corrected chi connectivity index (χ3v) is 2.79. The zero-order valence-electron chi connectivity index (χ0n) is 9.41. The van der Waals surface area contributed by atoms with Gasteiger partial charge < -0.3 is 9.84 Å². The molecule has 2 atom stereocenters. The molecule has 0 aromatic heterocycles. The van der Waals surface area contributed by atoms with E-state index in [0.717, 1.165) is 26.1 Å². The Bertz CT molecular complexity index is 152. The molecule has 1 heterocycles. The van der Waals surface area contributed by atoms with Crippen molar-refractivity contribution in [1.82, 2.24) is 4.90 Å². The van der Waals surface area contributed by atoms with Gasteiger partial charge in [-0.2, -0.15) is 0 Å². The van der Waals surface area contributed by atoms with E-state index in [1.54, 1.807) is 0 Å². The van der Waals surface area contributed by atoms with Crippen LogP contribution in [0.2, 0.25) is 0 Å². The maximum absolute atomic E-state index is 9.69. The van der Waals surface area contributed by atoms with Crippen LogP contribution >= 0.6 is 0 Å². The summed E-state index contributed by atoms with van der Waals surface area (Å²) in [7, 11) is 0. The van der Waals surface area contributed by atoms with E-state index >= 15 is 0 Å². The first kappa shape index (κ1) is 12.0. The molecule has 0 aromatic rings. The first-order valence-electron chi connectivity index (χ1n) is 5.74. The van der Waals surface area contributed by atoms with Gasteiger partial charge in [-0.1, -0.05) is 6.92 Å². The summed E-state index contributed by atoms with van der Waals surface area (Å²) in [6, 6.07) is 0.635. The zero-order valence-corrected chi connectivity index (χ0v) is 9.41. The first-order valence-corrected chi connectivity index (χ1v) is 5.74. The summed E-state index contributed by atoms with van der Waals surface area (Å²) in [6.07, 6.45) is 3.24. The van der Waals surface area contributed by atoms with Crippen LogP contribution in [0.25, 0.3) is 0 Å². The minimum Gasteiger partial charge on any atom is -0.389 e. The number of aliphatic hydroxyl groups is 1. The molecule has 0 saturated carbocycles. The van der Waals surface area contributed by atoms with E-state index in [0.29, 0.717) is 12.6 Å². The van der Waals surface area contributed by atoms with Gasteiger partial charge in [-0.3, -0.25) is 4.90 Å². The Kier molecular flexibility index (Phi) is 5.45. The van der Waals surface area contributed by atoms with E-state index in [4.69, 9.17) is 4.74 Å². The van der Waals surface area contributed by atoms with Gasteiger partial charge in [-0.05, 0) is 32.7 Å². The van der Waals surface area contributed by atoms with Gasteiger partial charge >= 0.3 is 0 Å². The van der Waals surface area contributed by atoms with Crippen molar-refractivity contribution in [1.29, 1.82) is 0 Å². The summed E-state index contributed by atoms with van der Waals surface area (Å²) in [4.78, 5) is 2.35. The molecule has 0 amide bonds. The van der Waals surface area contributed by atoms with Crippen molar-refractivity contribution in [3.63, 3.8) is 0 Å². The predicted octanol–water partition coefficient (Wildman–Crippen LogP) is 1.26. The van der Waals surface area contributed by atoms with Gasteiger partial charge in [0.05, 0.1) is 12.7 Å². The van der Waals surface area contributed by atoms with Gasteiger partial charge in [0.25, 0.3) is 0 Å². The van der Waals surface area contributed by atoms with Crippen LogP contribution in [0.5, 0.6) is 0 Å². The van der Waals surface area contributed by atoms with Crippen LogP contribution in [0.1, 0.15) is 33.1 Å². The van der Waals surface area contributed by atoms with Crippen molar-refractivity contribution >= 4 is 0 Å². The number of likely N-dealkylation sites (tertiary alicyclic amines) is 1. The summed E-state index contributed by atoms with van der Waals surface area (Å²) < 4.78 is 5.31. The molecule has 0 spiro atoms. The number of β-amino-alcohol motifs (C(OH)–C–C–N with tert-alkyl or cyclic N) is 1. The van der Waals surface area contributed by atoms with E-state index in [-0.39, 0.29) is 6.10 Å². The molecule has 0 aliphatic carbocycles. The van der Waals surface area contributed by atoms with Gasteiger partial charge in [-0.25, -0.2) is 0 Å². The molecule has 3 heteroatoms. The van der Waals surface area contributed by atoms with E-state index in [1.165, 1.54) is 12.8 Å². The third-order valence-electron chi connectivity index (χ3n) is 2.79. The minimum atomic E-state index is -0.318. The highest BCUT2D eigenvalue weighted by Crippen LogP contribution is 2.16. The van der Waals surface area contributed by atoms with Crippen molar-refractivity contribution in [2.45, 2.75) is 45.3 Å². The minimum absolute atomic E-state index is 0.318. The number of rotatable bonds is 6. The lowest BCUT2D eigenvalue weighted by Crippen LogP contribution is -2.36. The molecule has 1 aliphatic rings. The molecule has 1 aliphatic heterocycles. The Morgan fingerprint density at radius 3 is 2.93 bits per heavy atom. The topological polar surface area (TPSA) is 32.7 Å². The zero-order chi connectivity index (χ0) is 10.4. The molecule has 14 heavy (non-hydrogen) atoms. The quantitative estimate of drug-likeness (QED) is 0.657. The largest absolute Gasteiger partial charge is 0.389 e. The highest BCUT2D eigenvalue weighted by atomic mass is 16.5. The second-order valence-electron chi connectivity index (χ2n) is 4.21. The summed E-state index contributed by atoms with van der Waals surface area (Å²) >= 11 is 0. The summed E-state index contributed by atoms with van der Waals surface area (Å²) in [5.41, 5.74) is 0. The van der Waals surface area contributed by atoms with Crippen LogP contribution in [0.15, 0.2) is 0 Å². The fraction of sp³-hybridized carbons (Fsp3) is 1.00. The van der Waals surface area contributed by atoms with Gasteiger partial charge in [-0.15, -0.1) is 0 Å². The standard InChI is InChI=1S/C11H23NO2/c1-3-7-14-9-11(13)8-12-6-4-5-10(12)2/h10-11,13H,3-9H2,1-2H3. The first-order chi connectivity index (χ1) is 6.74. The Morgan fingerprint density at radius 2 is 2.36 bits per heavy atom. The molecule has 3 nitrogen and oxygen atoms in total. The van der Waals surface area contributed by atoms with Crippen LogP contribution in [0, 0.1) is 0 Å². The second-order valence-corrected chi connectivity index (χ2v) is 4.21. The average Bonchev–Trinajstić information content (AvgIpc) is 2.52. The van der Waals surface area contributed by atoms with Gasteiger partial charge in [0.2, 0.25) is 0 Å². The summed E-state index contributed by atoms with van der Waals surface area (Å²) in [5.74, 6) is 0. The lowest BCUT2D eigenvalue weighted by molar-refractivity contribution is 0.0158. The molecule has 1 saturated heterocycles. The molecular weight excluding hydrogens is 178 g/mol. The molecule has 1 N–H and O–H groups in total. The van der Waals surface area contributed by atoms with Gasteiger partial charge in [0.1, 0.15) is 0 Å². The summed E-state index contributed by atoms with van der Waals surface area (Å²) in [6.45, 7) is 7.45. The lowest BCUT2D eigenvalue weighted by atomic mass is 10.2. The SMILES string of the molecule is CCCOCC(O)CN1CCCC1C. The molecular formula is C11H23NO2. The normalized spacial score (nSPS) is 25.5. The smallest absolute Gasteiger partial charge is 0.0900 e. The predicted molar refractivity (Wildman–Crippen MR) is 57.4 cm³/mol. The Hall–Kier alpha value is -0.120. The van der Waals surface area contributed by atoms with Crippen LogP contribution in [-0.4, -0.2) is 48.5 Å². The van der Waals surface area contributed by atoms with Crippen molar-refractivity contribution in [2.75, 3.05) is 26.3 Å². The monoisotopic (exact) mass is 201 g/mol. The van der Waals surface area contributed by atoms with Crippen molar-refractivity contribution in [3.8, 4) is 0 Å². The molecule has 0 bridgehead atoms. The Balaban J connectivity index is 2.09. The summed E-state index contributed by atoms with van der Waals surface area (Å²) in [5, 5.41) is 9.69. The molecule has 1 fully saturated rings. The molecule has 0 radical (unpaired) electrons. The van der Waals surface area contributed by atoms with Crippen molar-refractivity contribution in [2.24, 2.45) is 0 Å². The van der Waals surface area contributed by atoms with Crippen LogP contribution < -0.4 is 0 Å². The van der Waals surface area contributed by atoms with Crippen LogP contribution in [0.3, 0.4) is 0 Å². The second kappa shape index (κ2) is 6.38. The van der Waals surface area contributed by atoms with E-state index in [2.05, 4.69) is 18.7 Å². The van der Waals surface area contributed by atoms with E-state index in [1.807, 2.05) is 0 Å². The van der Waals surface area contributed by atoms with Gasteiger partial charge in [0, 0.05) is 19.2 Å². The maximum Gasteiger partial charge on any atom is 0.0900 e. The van der Waals surface area contributed by atoms with E-state index in [9.17, 15) is 5.11 Å². The fourth-order valence-electron chi connectivity index (χ4n) is 1.95. The van der Waals surface area contributed by atoms with Gasteiger partial charge in [0.15, 0.2) is 0 Å². The number of aliphatic hydroxyl groups excluding tert-OH is 1. The van der Waals surface area contributed by atoms with E-state index < -0.39 is 0 Å². The fourth-order valence-corrected chi connectivity index (χ4v) is 1.95. The number of hydrogen-bond donors (Lipinski definition) is 1. The van der Waals surface area contributed by atoms with Crippen LogP contribution in [0.4, 0.5) is 0 Å². The average molecular weight is 201 g/mol. The highest BCUT2D eigenvalue weighted by Gasteiger charge is 2.22. The van der Waals surface area contributed by atoms with Crippen molar-refractivity contribution < 1.29 is 9.84 Å². The Labute approximate surface area is 87.1 Å². The molecule has 1 rings (SSSR count). The maximum atomic E-state index is 9.69. The molecule has 2 unspecified atom stereocenters. The third kappa shape index (κ3) is 3.95. The Morgan fingerprint density at radius 1 is 1.57 bits per heavy atom. The number of hydrogen-bond acceptors (Lipinski definition) is 3. The van der Waals surface area contributed by atoms with Crippen LogP contribution in [-0.2, 0) is 4.74 Å². The molecule has 0 aromatic carbocycles. The molecule has 84 valence electrons. The highest BCUT2D eigenvalue weighted by molar-refractivity contribution is 4.77. The number of ether oxygens (including phenoxy) is 1. The number of nitrogens with zero attached hydrogens (tertiary/aromatic N) is 1. The van der Waals surface area contributed by atoms with Crippen molar-refractivity contribution in [3.05, 3.63) is 0 Å². The lowest BCUT2D eigenvalue weighted by Gasteiger charge is -2.23.